The summed E-state index contributed by atoms with van der Waals surface area (Å²) in [6.45, 7) is 8.44. The lowest BCUT2D eigenvalue weighted by molar-refractivity contribution is 0.0652. The third-order valence-electron chi connectivity index (χ3n) is 4.46. The highest BCUT2D eigenvalue weighted by Gasteiger charge is 2.26. The molecule has 142 valence electrons. The Morgan fingerprint density at radius 1 is 1.35 bits per heavy atom. The van der Waals surface area contributed by atoms with E-state index in [0.717, 1.165) is 25.1 Å². The monoisotopic (exact) mass is 360 g/mol. The summed E-state index contributed by atoms with van der Waals surface area (Å²) in [5.41, 5.74) is 0.904. The molecule has 1 saturated heterocycles. The van der Waals surface area contributed by atoms with Gasteiger partial charge in [-0.3, -0.25) is 14.3 Å². The SMILES string of the molecule is C.CC(C)(C)c1cn(CC2CCCN(C(=O)c3ccc(=O)[nH]n3)C2)nn1. The number of rotatable bonds is 3. The van der Waals surface area contributed by atoms with Crippen LogP contribution in [0.2, 0.25) is 0 Å². The first-order chi connectivity index (χ1) is 11.8. The number of piperidine rings is 1. The maximum Gasteiger partial charge on any atom is 0.274 e. The van der Waals surface area contributed by atoms with Crippen molar-refractivity contribution in [1.82, 2.24) is 30.1 Å². The summed E-state index contributed by atoms with van der Waals surface area (Å²) in [4.78, 5) is 25.4. The summed E-state index contributed by atoms with van der Waals surface area (Å²) in [6, 6.07) is 2.79. The van der Waals surface area contributed by atoms with Crippen molar-refractivity contribution in [2.45, 2.75) is 53.0 Å². The zero-order valence-corrected chi connectivity index (χ0v) is 14.9. The molecular weight excluding hydrogens is 332 g/mol. The number of hydrogen-bond donors (Lipinski definition) is 1. The summed E-state index contributed by atoms with van der Waals surface area (Å²) >= 11 is 0. The second kappa shape index (κ2) is 7.80. The molecular formula is C18H28N6O2. The number of carbonyl (C=O) groups is 1. The normalized spacial score (nSPS) is 17.7. The summed E-state index contributed by atoms with van der Waals surface area (Å²) in [6.07, 6.45) is 3.98. The largest absolute Gasteiger partial charge is 0.337 e. The van der Waals surface area contributed by atoms with Crippen LogP contribution in [0.1, 0.15) is 57.2 Å². The molecule has 1 amide bonds. The third kappa shape index (κ3) is 4.56. The minimum absolute atomic E-state index is 0. The number of H-pyrrole nitrogens is 1. The Balaban J connectivity index is 0.00000243. The molecule has 3 heterocycles. The first-order valence-electron chi connectivity index (χ1n) is 8.58. The van der Waals surface area contributed by atoms with Crippen LogP contribution in [0.3, 0.4) is 0 Å². The van der Waals surface area contributed by atoms with Crippen LogP contribution in [0.5, 0.6) is 0 Å². The zero-order chi connectivity index (χ0) is 18.0. The minimum Gasteiger partial charge on any atom is -0.337 e. The lowest BCUT2D eigenvalue weighted by Crippen LogP contribution is -2.41. The van der Waals surface area contributed by atoms with Gasteiger partial charge < -0.3 is 4.90 Å². The Bertz CT molecular complexity index is 784. The van der Waals surface area contributed by atoms with Crippen LogP contribution in [0.15, 0.2) is 23.1 Å². The number of likely N-dealkylation sites (tertiary alicyclic amines) is 1. The van der Waals surface area contributed by atoms with E-state index in [9.17, 15) is 9.59 Å². The zero-order valence-electron chi connectivity index (χ0n) is 14.9. The smallest absolute Gasteiger partial charge is 0.274 e. The molecule has 3 rings (SSSR count). The molecule has 0 aliphatic carbocycles. The van der Waals surface area contributed by atoms with Crippen molar-refractivity contribution in [1.29, 1.82) is 0 Å². The Labute approximate surface area is 153 Å². The highest BCUT2D eigenvalue weighted by Crippen LogP contribution is 2.22. The molecule has 0 saturated carbocycles. The molecule has 1 unspecified atom stereocenters. The third-order valence-corrected chi connectivity index (χ3v) is 4.46. The number of aromatic amines is 1. The topological polar surface area (TPSA) is 96.8 Å². The molecule has 0 radical (unpaired) electrons. The summed E-state index contributed by atoms with van der Waals surface area (Å²) in [5, 5.41) is 14.6. The number of nitrogens with zero attached hydrogens (tertiary/aromatic N) is 5. The van der Waals surface area contributed by atoms with Crippen molar-refractivity contribution in [2.24, 2.45) is 5.92 Å². The number of amides is 1. The molecule has 1 fully saturated rings. The van der Waals surface area contributed by atoms with Crippen LogP contribution in [-0.2, 0) is 12.0 Å². The van der Waals surface area contributed by atoms with Crippen LogP contribution in [0.4, 0.5) is 0 Å². The molecule has 1 aliphatic rings. The molecule has 1 aliphatic heterocycles. The van der Waals surface area contributed by atoms with E-state index in [2.05, 4.69) is 41.3 Å². The van der Waals surface area contributed by atoms with Crippen molar-refractivity contribution in [2.75, 3.05) is 13.1 Å². The molecule has 2 aromatic rings. The molecule has 8 nitrogen and oxygen atoms in total. The lowest BCUT2D eigenvalue weighted by Gasteiger charge is -2.32. The van der Waals surface area contributed by atoms with E-state index in [1.54, 1.807) is 4.90 Å². The van der Waals surface area contributed by atoms with Crippen LogP contribution >= 0.6 is 0 Å². The van der Waals surface area contributed by atoms with Crippen molar-refractivity contribution < 1.29 is 4.79 Å². The molecule has 0 bridgehead atoms. The lowest BCUT2D eigenvalue weighted by atomic mass is 9.93. The highest BCUT2D eigenvalue weighted by atomic mass is 16.2. The van der Waals surface area contributed by atoms with Gasteiger partial charge in [-0.25, -0.2) is 5.10 Å². The Morgan fingerprint density at radius 3 is 2.73 bits per heavy atom. The summed E-state index contributed by atoms with van der Waals surface area (Å²) in [7, 11) is 0. The second-order valence-electron chi connectivity index (χ2n) is 7.64. The standard InChI is InChI=1S/C17H24N6O2.CH4/c1-17(2,3)14-11-23(21-19-14)10-12-5-4-8-22(9-12)16(25)13-6-7-15(24)20-18-13;/h6-7,11-12H,4-5,8-10H2,1-3H3,(H,20,24);1H4. The first-order valence-corrected chi connectivity index (χ1v) is 8.58. The minimum atomic E-state index is -0.311. The van der Waals surface area contributed by atoms with Crippen LogP contribution in [-0.4, -0.2) is 49.1 Å². The molecule has 0 aromatic carbocycles. The maximum absolute atomic E-state index is 12.6. The van der Waals surface area contributed by atoms with Gasteiger partial charge in [0.05, 0.1) is 5.69 Å². The Hall–Kier alpha value is -2.51. The molecule has 8 heteroatoms. The van der Waals surface area contributed by atoms with Gasteiger partial charge in [-0.1, -0.05) is 33.4 Å². The molecule has 1 atom stereocenters. The maximum atomic E-state index is 12.6. The predicted molar refractivity (Wildman–Crippen MR) is 98.9 cm³/mol. The van der Waals surface area contributed by atoms with E-state index in [0.29, 0.717) is 19.0 Å². The van der Waals surface area contributed by atoms with E-state index < -0.39 is 0 Å². The fraction of sp³-hybridized carbons (Fsp3) is 0.611. The van der Waals surface area contributed by atoms with Crippen LogP contribution < -0.4 is 5.56 Å². The fourth-order valence-electron chi connectivity index (χ4n) is 3.02. The van der Waals surface area contributed by atoms with Crippen molar-refractivity contribution >= 4 is 5.91 Å². The van der Waals surface area contributed by atoms with Gasteiger partial charge in [0, 0.05) is 37.3 Å². The summed E-state index contributed by atoms with van der Waals surface area (Å²) in [5.74, 6) is 0.185. The molecule has 2 aromatic heterocycles. The van der Waals surface area contributed by atoms with Gasteiger partial charge >= 0.3 is 0 Å². The Kier molecular flexibility index (Phi) is 5.94. The van der Waals surface area contributed by atoms with E-state index in [-0.39, 0.29) is 30.0 Å². The highest BCUT2D eigenvalue weighted by molar-refractivity contribution is 5.92. The van der Waals surface area contributed by atoms with Crippen LogP contribution in [0.25, 0.3) is 0 Å². The van der Waals surface area contributed by atoms with Crippen LogP contribution in [0, 0.1) is 5.92 Å². The average molecular weight is 360 g/mol. The quantitative estimate of drug-likeness (QED) is 0.901. The summed E-state index contributed by atoms with van der Waals surface area (Å²) < 4.78 is 1.87. The van der Waals surface area contributed by atoms with Crippen molar-refractivity contribution in [3.05, 3.63) is 40.1 Å². The van der Waals surface area contributed by atoms with Crippen molar-refractivity contribution in [3.8, 4) is 0 Å². The second-order valence-corrected chi connectivity index (χ2v) is 7.64. The first kappa shape index (κ1) is 19.8. The van der Waals surface area contributed by atoms with Gasteiger partial charge in [-0.15, -0.1) is 5.10 Å². The molecule has 0 spiro atoms. The number of nitrogens with one attached hydrogen (secondary N) is 1. The van der Waals surface area contributed by atoms with E-state index in [4.69, 9.17) is 0 Å². The van der Waals surface area contributed by atoms with Gasteiger partial charge in [0.2, 0.25) is 0 Å². The number of hydrogen-bond acceptors (Lipinski definition) is 5. The van der Waals surface area contributed by atoms with Gasteiger partial charge in [-0.2, -0.15) is 5.10 Å². The van der Waals surface area contributed by atoms with Gasteiger partial charge in [0.25, 0.3) is 11.5 Å². The van der Waals surface area contributed by atoms with Gasteiger partial charge in [-0.05, 0) is 24.8 Å². The van der Waals surface area contributed by atoms with E-state index >= 15 is 0 Å². The van der Waals surface area contributed by atoms with Crippen molar-refractivity contribution in [3.63, 3.8) is 0 Å². The van der Waals surface area contributed by atoms with Gasteiger partial charge in [0.15, 0.2) is 0 Å². The van der Waals surface area contributed by atoms with E-state index in [1.807, 2.05) is 10.9 Å². The number of carbonyl (C=O) groups excluding carboxylic acids is 1. The fourth-order valence-corrected chi connectivity index (χ4v) is 3.02. The van der Waals surface area contributed by atoms with E-state index in [1.165, 1.54) is 12.1 Å². The molecule has 26 heavy (non-hydrogen) atoms. The van der Waals surface area contributed by atoms with Gasteiger partial charge in [0.1, 0.15) is 5.69 Å². The molecule has 1 N–H and O–H groups in total. The predicted octanol–water partition coefficient (Wildman–Crippen LogP) is 1.85. The number of aromatic nitrogens is 5. The Morgan fingerprint density at radius 2 is 2.12 bits per heavy atom. The average Bonchev–Trinajstić information content (AvgIpc) is 3.04.